The Bertz CT molecular complexity index is 587. The summed E-state index contributed by atoms with van der Waals surface area (Å²) in [7, 11) is -3.87. The van der Waals surface area contributed by atoms with Gasteiger partial charge < -0.3 is 9.90 Å². The van der Waals surface area contributed by atoms with Gasteiger partial charge in [-0.25, -0.2) is 13.1 Å². The minimum Gasteiger partial charge on any atom is -0.545 e. The first-order valence-electron chi connectivity index (χ1n) is 5.49. The van der Waals surface area contributed by atoms with Crippen molar-refractivity contribution in [2.45, 2.75) is 24.7 Å². The molecule has 0 heterocycles. The second-order valence-electron chi connectivity index (χ2n) is 3.80. The highest BCUT2D eigenvalue weighted by Gasteiger charge is 2.20. The van der Waals surface area contributed by atoms with Crippen molar-refractivity contribution in [2.75, 3.05) is 6.54 Å². The molecule has 0 saturated heterocycles. The van der Waals surface area contributed by atoms with Crippen LogP contribution in [0.2, 0.25) is 10.0 Å². The summed E-state index contributed by atoms with van der Waals surface area (Å²) in [4.78, 5) is 10.5. The monoisotopic (exact) mass is 324 g/mol. The molecule has 1 N–H and O–H groups in total. The summed E-state index contributed by atoms with van der Waals surface area (Å²) in [6, 6.07) is 1.97. The number of carboxylic acids is 1. The Balaban J connectivity index is 3.19. The number of rotatable bonds is 6. The second-order valence-corrected chi connectivity index (χ2v) is 6.35. The zero-order valence-corrected chi connectivity index (χ0v) is 12.4. The number of benzene rings is 1. The van der Waals surface area contributed by atoms with Crippen molar-refractivity contribution in [2.24, 2.45) is 0 Å². The molecule has 0 radical (unpaired) electrons. The maximum atomic E-state index is 12.0. The van der Waals surface area contributed by atoms with Crippen LogP contribution in [0.25, 0.3) is 0 Å². The standard InChI is InChI=1S/C11H13Cl2NO4S/c1-2-3-4-14-19(17,18)10-5-7(11(15)16)8(12)6-9(10)13/h5-6,14H,2-4H2,1H3,(H,15,16)/p-1. The molecule has 19 heavy (non-hydrogen) atoms. The van der Waals surface area contributed by atoms with E-state index >= 15 is 0 Å². The fourth-order valence-electron chi connectivity index (χ4n) is 1.35. The smallest absolute Gasteiger partial charge is 0.242 e. The first-order valence-corrected chi connectivity index (χ1v) is 7.73. The highest BCUT2D eigenvalue weighted by atomic mass is 35.5. The van der Waals surface area contributed by atoms with Crippen LogP contribution >= 0.6 is 23.2 Å². The van der Waals surface area contributed by atoms with Gasteiger partial charge >= 0.3 is 0 Å². The topological polar surface area (TPSA) is 86.3 Å². The summed E-state index contributed by atoms with van der Waals surface area (Å²) in [5, 5.41) is 10.5. The third kappa shape index (κ3) is 4.07. The SMILES string of the molecule is CCCCNS(=O)(=O)c1cc(C(=O)[O-])c(Cl)cc1Cl. The number of carboxylic acid groups (broad SMARTS) is 1. The zero-order valence-electron chi connectivity index (χ0n) is 10.1. The van der Waals surface area contributed by atoms with Crippen LogP contribution in [0.1, 0.15) is 30.1 Å². The van der Waals surface area contributed by atoms with Crippen LogP contribution in [-0.2, 0) is 10.0 Å². The molecule has 0 saturated carbocycles. The van der Waals surface area contributed by atoms with E-state index in [2.05, 4.69) is 4.72 Å². The predicted molar refractivity (Wildman–Crippen MR) is 70.9 cm³/mol. The van der Waals surface area contributed by atoms with E-state index in [-0.39, 0.29) is 21.5 Å². The third-order valence-electron chi connectivity index (χ3n) is 2.35. The molecule has 1 rings (SSSR count). The number of unbranched alkanes of at least 4 members (excludes halogenated alkanes) is 1. The highest BCUT2D eigenvalue weighted by molar-refractivity contribution is 7.89. The summed E-state index contributed by atoms with van der Waals surface area (Å²) in [6.45, 7) is 2.16. The van der Waals surface area contributed by atoms with Gasteiger partial charge in [0.2, 0.25) is 10.0 Å². The van der Waals surface area contributed by atoms with Gasteiger partial charge in [-0.1, -0.05) is 36.5 Å². The number of sulfonamides is 1. The minimum atomic E-state index is -3.87. The molecule has 0 fully saturated rings. The number of carbonyl (C=O) groups excluding carboxylic acids is 1. The van der Waals surface area contributed by atoms with E-state index in [4.69, 9.17) is 23.2 Å². The van der Waals surface area contributed by atoms with Gasteiger partial charge in [0.1, 0.15) is 4.90 Å². The highest BCUT2D eigenvalue weighted by Crippen LogP contribution is 2.28. The average Bonchev–Trinajstić information content (AvgIpc) is 2.28. The van der Waals surface area contributed by atoms with Crippen LogP contribution in [0.3, 0.4) is 0 Å². The number of nitrogens with one attached hydrogen (secondary N) is 1. The maximum Gasteiger partial charge on any atom is 0.242 e. The number of carbonyl (C=O) groups is 1. The molecular weight excluding hydrogens is 313 g/mol. The Morgan fingerprint density at radius 2 is 1.95 bits per heavy atom. The molecule has 0 aliphatic rings. The van der Waals surface area contributed by atoms with E-state index in [0.717, 1.165) is 18.6 Å². The number of hydrogen-bond donors (Lipinski definition) is 1. The van der Waals surface area contributed by atoms with Crippen LogP contribution in [-0.4, -0.2) is 20.9 Å². The van der Waals surface area contributed by atoms with Crippen molar-refractivity contribution in [3.8, 4) is 0 Å². The van der Waals surface area contributed by atoms with Crippen LogP contribution in [0.4, 0.5) is 0 Å². The van der Waals surface area contributed by atoms with Crippen molar-refractivity contribution in [1.29, 1.82) is 0 Å². The number of hydrogen-bond acceptors (Lipinski definition) is 4. The number of aromatic carboxylic acids is 1. The maximum absolute atomic E-state index is 12.0. The minimum absolute atomic E-state index is 0.140. The average molecular weight is 325 g/mol. The van der Waals surface area contributed by atoms with Gasteiger partial charge in [0.05, 0.1) is 16.0 Å². The Hall–Kier alpha value is -0.820. The van der Waals surface area contributed by atoms with Gasteiger partial charge in [-0.05, 0) is 18.6 Å². The van der Waals surface area contributed by atoms with Crippen LogP contribution in [0.5, 0.6) is 0 Å². The van der Waals surface area contributed by atoms with E-state index in [0.29, 0.717) is 6.42 Å². The Morgan fingerprint density at radius 1 is 1.32 bits per heavy atom. The molecule has 106 valence electrons. The lowest BCUT2D eigenvalue weighted by Gasteiger charge is -2.12. The first kappa shape index (κ1) is 16.2. The summed E-state index contributed by atoms with van der Waals surface area (Å²) < 4.78 is 26.3. The molecule has 0 bridgehead atoms. The molecular formula is C11H12Cl2NO4S-. The molecule has 0 aliphatic heterocycles. The molecule has 0 spiro atoms. The lowest BCUT2D eigenvalue weighted by atomic mass is 10.2. The van der Waals surface area contributed by atoms with Crippen molar-refractivity contribution in [1.82, 2.24) is 4.72 Å². The fraction of sp³-hybridized carbons (Fsp3) is 0.364. The molecule has 5 nitrogen and oxygen atoms in total. The quantitative estimate of drug-likeness (QED) is 0.802. The van der Waals surface area contributed by atoms with Gasteiger partial charge in [-0.2, -0.15) is 0 Å². The Labute approximate surface area is 121 Å². The van der Waals surface area contributed by atoms with Crippen LogP contribution < -0.4 is 9.83 Å². The first-order chi connectivity index (χ1) is 8.79. The van der Waals surface area contributed by atoms with Gasteiger partial charge in [0, 0.05) is 12.1 Å². The van der Waals surface area contributed by atoms with Crippen molar-refractivity contribution in [3.63, 3.8) is 0 Å². The van der Waals surface area contributed by atoms with E-state index in [1.54, 1.807) is 0 Å². The second kappa shape index (κ2) is 6.56. The largest absolute Gasteiger partial charge is 0.545 e. The van der Waals surface area contributed by atoms with E-state index < -0.39 is 21.6 Å². The molecule has 8 heteroatoms. The fourth-order valence-corrected chi connectivity index (χ4v) is 3.27. The molecule has 0 unspecified atom stereocenters. The molecule has 1 aromatic rings. The third-order valence-corrected chi connectivity index (χ3v) is 4.59. The lowest BCUT2D eigenvalue weighted by molar-refractivity contribution is -0.255. The van der Waals surface area contributed by atoms with Crippen molar-refractivity contribution >= 4 is 39.2 Å². The summed E-state index contributed by atoms with van der Waals surface area (Å²) >= 11 is 11.4. The van der Waals surface area contributed by atoms with Gasteiger partial charge in [0.15, 0.2) is 0 Å². The normalized spacial score (nSPS) is 11.5. The van der Waals surface area contributed by atoms with Gasteiger partial charge in [-0.15, -0.1) is 0 Å². The molecule has 1 aromatic carbocycles. The molecule has 0 aliphatic carbocycles. The van der Waals surface area contributed by atoms with Crippen molar-refractivity contribution in [3.05, 3.63) is 27.7 Å². The van der Waals surface area contributed by atoms with E-state index in [1.807, 2.05) is 6.92 Å². The molecule has 0 amide bonds. The zero-order chi connectivity index (χ0) is 14.6. The van der Waals surface area contributed by atoms with Crippen LogP contribution in [0, 0.1) is 0 Å². The summed E-state index contributed by atoms with van der Waals surface area (Å²) in [5.41, 5.74) is -0.415. The lowest BCUT2D eigenvalue weighted by Crippen LogP contribution is -2.27. The van der Waals surface area contributed by atoms with E-state index in [9.17, 15) is 18.3 Å². The molecule has 0 atom stereocenters. The Morgan fingerprint density at radius 3 is 2.47 bits per heavy atom. The van der Waals surface area contributed by atoms with Gasteiger partial charge in [-0.3, -0.25) is 0 Å². The van der Waals surface area contributed by atoms with Gasteiger partial charge in [0.25, 0.3) is 0 Å². The number of halogens is 2. The van der Waals surface area contributed by atoms with E-state index in [1.165, 1.54) is 0 Å². The van der Waals surface area contributed by atoms with Crippen LogP contribution in [0.15, 0.2) is 17.0 Å². The Kier molecular flexibility index (Phi) is 5.61. The molecule has 0 aromatic heterocycles. The van der Waals surface area contributed by atoms with Crippen molar-refractivity contribution < 1.29 is 18.3 Å². The summed E-state index contributed by atoms with van der Waals surface area (Å²) in [6.07, 6.45) is 1.49. The predicted octanol–water partition coefficient (Wildman–Crippen LogP) is 1.44. The summed E-state index contributed by atoms with van der Waals surface area (Å²) in [5.74, 6) is -1.56.